The number of ether oxygens (including phenoxy) is 1. The molecule has 1 unspecified atom stereocenters. The van der Waals surface area contributed by atoms with Crippen molar-refractivity contribution >= 4 is 29.3 Å². The normalized spacial score (nSPS) is 15.2. The van der Waals surface area contributed by atoms with Gasteiger partial charge in [-0.15, -0.1) is 0 Å². The summed E-state index contributed by atoms with van der Waals surface area (Å²) in [6, 6.07) is 17.8. The van der Waals surface area contributed by atoms with Gasteiger partial charge in [-0.1, -0.05) is 61.4 Å². The fraction of sp³-hybridized carbons (Fsp3) is 0.280. The Labute approximate surface area is 215 Å². The topological polar surface area (TPSA) is 151 Å². The molecule has 3 aromatic rings. The van der Waals surface area contributed by atoms with Gasteiger partial charge < -0.3 is 20.1 Å². The number of hydrogen-bond donors (Lipinski definition) is 3. The van der Waals surface area contributed by atoms with Crippen molar-refractivity contribution in [3.05, 3.63) is 78.6 Å². The van der Waals surface area contributed by atoms with Crippen molar-refractivity contribution in [1.29, 1.82) is 0 Å². The van der Waals surface area contributed by atoms with Crippen LogP contribution in [0.1, 0.15) is 24.8 Å². The maximum atomic E-state index is 13.1. The number of carbonyl (C=O) groups is 1. The van der Waals surface area contributed by atoms with Crippen LogP contribution < -0.4 is 10.1 Å². The third kappa shape index (κ3) is 7.94. The summed E-state index contributed by atoms with van der Waals surface area (Å²) in [6.45, 7) is 0. The van der Waals surface area contributed by atoms with Gasteiger partial charge in [0.25, 0.3) is 10.0 Å². The lowest BCUT2D eigenvalue weighted by Gasteiger charge is -2.20. The van der Waals surface area contributed by atoms with E-state index < -0.39 is 34.9 Å². The summed E-state index contributed by atoms with van der Waals surface area (Å²) in [5.74, 6) is -1.54. The molecule has 1 saturated carbocycles. The average Bonchev–Trinajstić information content (AvgIpc) is 3.72. The number of nitrogens with zero attached hydrogens (tertiary/aromatic N) is 3. The van der Waals surface area contributed by atoms with E-state index in [4.69, 9.17) is 4.74 Å². The first kappa shape index (κ1) is 26.5. The molecule has 0 spiro atoms. The summed E-state index contributed by atoms with van der Waals surface area (Å²) in [7, 11) is -5.94. The molecule has 0 bridgehead atoms. The van der Waals surface area contributed by atoms with Gasteiger partial charge in [0.1, 0.15) is 10.6 Å². The van der Waals surface area contributed by atoms with Crippen LogP contribution in [0.2, 0.25) is 0 Å². The molecule has 0 aliphatic heterocycles. The SMILES string of the molecule is O=C(N[C@@H](CC1CC1)B(O)O)C(/C=N/S(=O)(=O)c1cnc(Oc2ccccc2)nc1)Cc1ccccc1. The smallest absolute Gasteiger partial charge is 0.426 e. The van der Waals surface area contributed by atoms with Gasteiger partial charge >= 0.3 is 13.1 Å². The monoisotopic (exact) mass is 522 g/mol. The molecule has 1 aliphatic rings. The Morgan fingerprint density at radius 3 is 2.30 bits per heavy atom. The standard InChI is InChI=1S/C25H27BN4O6S/c31-24(30-23(26(32)33)14-19-11-12-19)20(13-18-7-3-1-4-8-18)15-29-37(34,35)22-16-27-25(28-17-22)36-21-9-5-2-6-10-21/h1-10,15-17,19-20,23,32-33H,11-14H2,(H,30,31)/b29-15+/t20?,23-/m0/s1. The van der Waals surface area contributed by atoms with Crippen molar-refractivity contribution < 1.29 is 28.0 Å². The zero-order valence-electron chi connectivity index (χ0n) is 19.9. The minimum Gasteiger partial charge on any atom is -0.426 e. The van der Waals surface area contributed by atoms with Gasteiger partial charge in [-0.2, -0.15) is 12.8 Å². The highest BCUT2D eigenvalue weighted by Crippen LogP contribution is 2.33. The third-order valence-corrected chi connectivity index (χ3v) is 7.05. The molecule has 1 aromatic heterocycles. The van der Waals surface area contributed by atoms with Gasteiger partial charge in [0.05, 0.1) is 24.3 Å². The Bertz CT molecular complexity index is 1300. The van der Waals surface area contributed by atoms with Gasteiger partial charge in [-0.25, -0.2) is 9.97 Å². The van der Waals surface area contributed by atoms with E-state index in [2.05, 4.69) is 19.7 Å². The average molecular weight is 522 g/mol. The summed E-state index contributed by atoms with van der Waals surface area (Å²) in [4.78, 5) is 20.7. The summed E-state index contributed by atoms with van der Waals surface area (Å²) in [5, 5.41) is 22.1. The molecule has 1 aliphatic carbocycles. The quantitative estimate of drug-likeness (QED) is 0.242. The fourth-order valence-corrected chi connectivity index (χ4v) is 4.44. The van der Waals surface area contributed by atoms with Crippen molar-refractivity contribution in [2.45, 2.75) is 36.5 Å². The van der Waals surface area contributed by atoms with Crippen LogP contribution in [0.25, 0.3) is 0 Å². The summed E-state index contributed by atoms with van der Waals surface area (Å²) in [5.41, 5.74) is 0.792. The van der Waals surface area contributed by atoms with E-state index in [-0.39, 0.29) is 17.3 Å². The van der Waals surface area contributed by atoms with Crippen molar-refractivity contribution in [3.63, 3.8) is 0 Å². The molecule has 0 radical (unpaired) electrons. The Morgan fingerprint density at radius 1 is 1.08 bits per heavy atom. The van der Waals surface area contributed by atoms with Crippen molar-refractivity contribution in [3.8, 4) is 11.8 Å². The van der Waals surface area contributed by atoms with E-state index in [0.29, 0.717) is 18.1 Å². The third-order valence-electron chi connectivity index (χ3n) is 5.84. The molecule has 192 valence electrons. The van der Waals surface area contributed by atoms with Crippen LogP contribution in [0, 0.1) is 11.8 Å². The van der Waals surface area contributed by atoms with Crippen LogP contribution in [0.3, 0.4) is 0 Å². The van der Waals surface area contributed by atoms with Crippen molar-refractivity contribution in [2.24, 2.45) is 16.2 Å². The lowest BCUT2D eigenvalue weighted by molar-refractivity contribution is -0.123. The summed E-state index contributed by atoms with van der Waals surface area (Å²) in [6.07, 6.45) is 5.78. The Morgan fingerprint density at radius 2 is 1.70 bits per heavy atom. The van der Waals surface area contributed by atoms with E-state index in [9.17, 15) is 23.3 Å². The van der Waals surface area contributed by atoms with Crippen LogP contribution in [0.15, 0.2) is 82.4 Å². The molecule has 1 fully saturated rings. The number of benzene rings is 2. The number of nitrogens with one attached hydrogen (secondary N) is 1. The van der Waals surface area contributed by atoms with Crippen LogP contribution in [-0.2, 0) is 21.2 Å². The zero-order valence-corrected chi connectivity index (χ0v) is 20.7. The number of hydrogen-bond acceptors (Lipinski definition) is 8. The van der Waals surface area contributed by atoms with Crippen molar-refractivity contribution in [2.75, 3.05) is 0 Å². The second-order valence-electron chi connectivity index (χ2n) is 8.85. The number of rotatable bonds is 12. The second-order valence-corrected chi connectivity index (χ2v) is 10.5. The molecule has 10 nitrogen and oxygen atoms in total. The van der Waals surface area contributed by atoms with Crippen LogP contribution in [0.4, 0.5) is 0 Å². The van der Waals surface area contributed by atoms with Gasteiger partial charge in [0.15, 0.2) is 0 Å². The van der Waals surface area contributed by atoms with E-state index in [1.807, 2.05) is 36.4 Å². The molecule has 12 heteroatoms. The second kappa shape index (κ2) is 12.1. The largest absolute Gasteiger partial charge is 0.475 e. The number of para-hydroxylation sites is 1. The lowest BCUT2D eigenvalue weighted by atomic mass is 9.76. The highest BCUT2D eigenvalue weighted by atomic mass is 32.2. The van der Waals surface area contributed by atoms with E-state index in [1.54, 1.807) is 24.3 Å². The molecule has 0 saturated heterocycles. The number of sulfonamides is 1. The van der Waals surface area contributed by atoms with Crippen molar-refractivity contribution in [1.82, 2.24) is 15.3 Å². The maximum Gasteiger partial charge on any atom is 0.475 e. The van der Waals surface area contributed by atoms with E-state index in [1.165, 1.54) is 0 Å². The van der Waals surface area contributed by atoms with Gasteiger partial charge in [-0.05, 0) is 36.5 Å². The first-order valence-corrected chi connectivity index (χ1v) is 13.3. The molecular weight excluding hydrogens is 495 g/mol. The molecule has 1 amide bonds. The number of carbonyl (C=O) groups excluding carboxylic acids is 1. The number of aromatic nitrogens is 2. The lowest BCUT2D eigenvalue weighted by Crippen LogP contribution is -2.49. The minimum absolute atomic E-state index is 0.0280. The predicted molar refractivity (Wildman–Crippen MR) is 137 cm³/mol. The van der Waals surface area contributed by atoms with Gasteiger partial charge in [0, 0.05) is 6.21 Å². The Hall–Kier alpha value is -3.61. The summed E-state index contributed by atoms with van der Waals surface area (Å²) >= 11 is 0. The fourth-order valence-electron chi connectivity index (χ4n) is 3.64. The molecule has 1 heterocycles. The molecule has 4 rings (SSSR count). The molecule has 3 N–H and O–H groups in total. The molecule has 2 atom stereocenters. The maximum absolute atomic E-state index is 13.1. The first-order valence-electron chi connectivity index (χ1n) is 11.9. The number of amides is 1. The zero-order chi connectivity index (χ0) is 26.3. The Balaban J connectivity index is 1.49. The molecule has 2 aromatic carbocycles. The van der Waals surface area contributed by atoms with Crippen LogP contribution in [0.5, 0.6) is 11.8 Å². The van der Waals surface area contributed by atoms with E-state index >= 15 is 0 Å². The Kier molecular flexibility index (Phi) is 8.64. The predicted octanol–water partition coefficient (Wildman–Crippen LogP) is 2.18. The molecule has 37 heavy (non-hydrogen) atoms. The molecular formula is C25H27BN4O6S. The van der Waals surface area contributed by atoms with Gasteiger partial charge in [0.2, 0.25) is 5.91 Å². The first-order chi connectivity index (χ1) is 17.8. The highest BCUT2D eigenvalue weighted by molar-refractivity contribution is 7.90. The van der Waals surface area contributed by atoms with Crippen LogP contribution >= 0.6 is 0 Å². The minimum atomic E-state index is -4.21. The van der Waals surface area contributed by atoms with Crippen LogP contribution in [-0.4, -0.2) is 53.6 Å². The van der Waals surface area contributed by atoms with E-state index in [0.717, 1.165) is 37.0 Å². The summed E-state index contributed by atoms with van der Waals surface area (Å²) < 4.78 is 34.9. The highest BCUT2D eigenvalue weighted by Gasteiger charge is 2.34. The van der Waals surface area contributed by atoms with Gasteiger partial charge in [-0.3, -0.25) is 4.79 Å².